The predicted octanol–water partition coefficient (Wildman–Crippen LogP) is 2.63. The van der Waals surface area contributed by atoms with Crippen molar-refractivity contribution in [1.29, 1.82) is 0 Å². The quantitative estimate of drug-likeness (QED) is 0.744. The van der Waals surface area contributed by atoms with Crippen LogP contribution >= 0.6 is 0 Å². The number of nitrogens with one attached hydrogen (secondary N) is 1. The van der Waals surface area contributed by atoms with Crippen molar-refractivity contribution >= 4 is 11.4 Å². The topological polar surface area (TPSA) is 47.3 Å². The summed E-state index contributed by atoms with van der Waals surface area (Å²) in [5.74, 6) is 0.837. The third kappa shape index (κ3) is 2.55. The largest absolute Gasteiger partial charge is 0.494 e. The molecule has 3 N–H and O–H groups in total. The molecule has 1 aromatic rings. The summed E-state index contributed by atoms with van der Waals surface area (Å²) in [6.45, 7) is 4.86. The lowest BCUT2D eigenvalue weighted by atomic mass is 10.2. The zero-order valence-electron chi connectivity index (χ0n) is 9.34. The van der Waals surface area contributed by atoms with Gasteiger partial charge in [-0.25, -0.2) is 0 Å². The van der Waals surface area contributed by atoms with E-state index in [0.29, 0.717) is 6.61 Å². The molecule has 0 aliphatic heterocycles. The van der Waals surface area contributed by atoms with Gasteiger partial charge in [0.25, 0.3) is 0 Å². The predicted molar refractivity (Wildman–Crippen MR) is 63.3 cm³/mol. The van der Waals surface area contributed by atoms with E-state index in [9.17, 15) is 0 Å². The molecule has 1 aliphatic carbocycles. The zero-order valence-corrected chi connectivity index (χ0v) is 9.34. The molecule has 0 aromatic heterocycles. The number of rotatable bonds is 4. The van der Waals surface area contributed by atoms with Crippen molar-refractivity contribution in [2.24, 2.45) is 0 Å². The van der Waals surface area contributed by atoms with Crippen molar-refractivity contribution in [2.75, 3.05) is 17.7 Å². The zero-order chi connectivity index (χ0) is 10.9. The minimum absolute atomic E-state index is 0.275. The number of anilines is 2. The van der Waals surface area contributed by atoms with Crippen LogP contribution in [0.15, 0.2) is 18.2 Å². The van der Waals surface area contributed by atoms with Gasteiger partial charge in [-0.05, 0) is 32.8 Å². The van der Waals surface area contributed by atoms with Crippen LogP contribution < -0.4 is 15.8 Å². The molecule has 0 heterocycles. The molecule has 1 aliphatic rings. The van der Waals surface area contributed by atoms with E-state index < -0.39 is 0 Å². The SMILES string of the molecule is CCOc1cc(N)cc(NC2(C)CC2)c1. The highest BCUT2D eigenvalue weighted by Gasteiger charge is 2.37. The molecule has 3 heteroatoms. The van der Waals surface area contributed by atoms with Crippen molar-refractivity contribution < 1.29 is 4.74 Å². The summed E-state index contributed by atoms with van der Waals surface area (Å²) in [5.41, 5.74) is 7.88. The van der Waals surface area contributed by atoms with Gasteiger partial charge in [-0.1, -0.05) is 0 Å². The van der Waals surface area contributed by atoms with Gasteiger partial charge in [-0.3, -0.25) is 0 Å². The monoisotopic (exact) mass is 206 g/mol. The molecule has 3 nitrogen and oxygen atoms in total. The van der Waals surface area contributed by atoms with Crippen LogP contribution in [-0.4, -0.2) is 12.1 Å². The van der Waals surface area contributed by atoms with Crippen molar-refractivity contribution in [3.8, 4) is 5.75 Å². The standard InChI is InChI=1S/C12H18N2O/c1-3-15-11-7-9(13)6-10(8-11)14-12(2)4-5-12/h6-8,14H,3-5,13H2,1-2H3. The summed E-state index contributed by atoms with van der Waals surface area (Å²) in [4.78, 5) is 0. The number of hydrogen-bond donors (Lipinski definition) is 2. The maximum atomic E-state index is 5.81. The minimum atomic E-state index is 0.275. The minimum Gasteiger partial charge on any atom is -0.494 e. The Kier molecular flexibility index (Phi) is 2.47. The van der Waals surface area contributed by atoms with Gasteiger partial charge in [0, 0.05) is 29.0 Å². The Balaban J connectivity index is 2.15. The number of ether oxygens (including phenoxy) is 1. The molecule has 2 rings (SSSR count). The van der Waals surface area contributed by atoms with Gasteiger partial charge >= 0.3 is 0 Å². The molecular weight excluding hydrogens is 188 g/mol. The summed E-state index contributed by atoms with van der Waals surface area (Å²) in [6, 6.07) is 5.80. The lowest BCUT2D eigenvalue weighted by Crippen LogP contribution is -2.15. The fourth-order valence-electron chi connectivity index (χ4n) is 1.61. The maximum absolute atomic E-state index is 5.81. The summed E-state index contributed by atoms with van der Waals surface area (Å²) >= 11 is 0. The molecule has 0 atom stereocenters. The average molecular weight is 206 g/mol. The molecule has 0 radical (unpaired) electrons. The lowest BCUT2D eigenvalue weighted by Gasteiger charge is -2.15. The second-order valence-corrected chi connectivity index (χ2v) is 4.41. The maximum Gasteiger partial charge on any atom is 0.123 e. The first-order valence-corrected chi connectivity index (χ1v) is 5.43. The average Bonchev–Trinajstić information content (AvgIpc) is 2.82. The van der Waals surface area contributed by atoms with Crippen LogP contribution in [0.2, 0.25) is 0 Å². The Bertz CT molecular complexity index is 359. The van der Waals surface area contributed by atoms with E-state index in [1.54, 1.807) is 0 Å². The second kappa shape index (κ2) is 3.65. The van der Waals surface area contributed by atoms with E-state index in [2.05, 4.69) is 12.2 Å². The van der Waals surface area contributed by atoms with Crippen LogP contribution in [0.3, 0.4) is 0 Å². The molecule has 15 heavy (non-hydrogen) atoms. The van der Waals surface area contributed by atoms with Gasteiger partial charge in [0.15, 0.2) is 0 Å². The van der Waals surface area contributed by atoms with Crippen LogP contribution in [0.25, 0.3) is 0 Å². The first-order chi connectivity index (χ1) is 7.11. The summed E-state index contributed by atoms with van der Waals surface area (Å²) in [7, 11) is 0. The second-order valence-electron chi connectivity index (χ2n) is 4.41. The molecule has 1 saturated carbocycles. The number of benzene rings is 1. The normalized spacial score (nSPS) is 17.2. The third-order valence-corrected chi connectivity index (χ3v) is 2.69. The third-order valence-electron chi connectivity index (χ3n) is 2.69. The number of hydrogen-bond acceptors (Lipinski definition) is 3. The molecule has 1 fully saturated rings. The molecule has 0 bridgehead atoms. The van der Waals surface area contributed by atoms with Gasteiger partial charge in [-0.2, -0.15) is 0 Å². The Hall–Kier alpha value is -1.38. The number of nitrogen functional groups attached to an aromatic ring is 1. The summed E-state index contributed by atoms with van der Waals surface area (Å²) < 4.78 is 5.44. The highest BCUT2D eigenvalue weighted by molar-refractivity contribution is 5.60. The first kappa shape index (κ1) is 10.1. The highest BCUT2D eigenvalue weighted by atomic mass is 16.5. The van der Waals surface area contributed by atoms with Crippen molar-refractivity contribution in [2.45, 2.75) is 32.2 Å². The summed E-state index contributed by atoms with van der Waals surface area (Å²) in [6.07, 6.45) is 2.46. The van der Waals surface area contributed by atoms with Crippen LogP contribution in [0.1, 0.15) is 26.7 Å². The van der Waals surface area contributed by atoms with Crippen LogP contribution in [0.4, 0.5) is 11.4 Å². The fourth-order valence-corrected chi connectivity index (χ4v) is 1.61. The van der Waals surface area contributed by atoms with E-state index in [1.165, 1.54) is 12.8 Å². The molecule has 82 valence electrons. The molecule has 1 aromatic carbocycles. The van der Waals surface area contributed by atoms with Gasteiger partial charge in [0.2, 0.25) is 0 Å². The van der Waals surface area contributed by atoms with Crippen molar-refractivity contribution in [3.63, 3.8) is 0 Å². The van der Waals surface area contributed by atoms with E-state index in [0.717, 1.165) is 17.1 Å². The van der Waals surface area contributed by atoms with Crippen LogP contribution in [-0.2, 0) is 0 Å². The van der Waals surface area contributed by atoms with Gasteiger partial charge < -0.3 is 15.8 Å². The van der Waals surface area contributed by atoms with Crippen LogP contribution in [0, 0.1) is 0 Å². The van der Waals surface area contributed by atoms with Gasteiger partial charge in [0.05, 0.1) is 6.61 Å². The van der Waals surface area contributed by atoms with E-state index >= 15 is 0 Å². The molecular formula is C12H18N2O. The molecule has 0 unspecified atom stereocenters. The molecule has 0 spiro atoms. The fraction of sp³-hybridized carbons (Fsp3) is 0.500. The first-order valence-electron chi connectivity index (χ1n) is 5.43. The van der Waals surface area contributed by atoms with E-state index in [4.69, 9.17) is 10.5 Å². The van der Waals surface area contributed by atoms with Crippen LogP contribution in [0.5, 0.6) is 5.75 Å². The van der Waals surface area contributed by atoms with Gasteiger partial charge in [0.1, 0.15) is 5.75 Å². The van der Waals surface area contributed by atoms with Crippen molar-refractivity contribution in [3.05, 3.63) is 18.2 Å². The lowest BCUT2D eigenvalue weighted by molar-refractivity contribution is 0.340. The number of nitrogens with two attached hydrogens (primary N) is 1. The Morgan fingerprint density at radius 1 is 1.40 bits per heavy atom. The highest BCUT2D eigenvalue weighted by Crippen LogP contribution is 2.39. The van der Waals surface area contributed by atoms with Crippen molar-refractivity contribution in [1.82, 2.24) is 0 Å². The summed E-state index contributed by atoms with van der Waals surface area (Å²) in [5, 5.41) is 3.47. The van der Waals surface area contributed by atoms with Gasteiger partial charge in [-0.15, -0.1) is 0 Å². The Labute approximate surface area is 90.6 Å². The smallest absolute Gasteiger partial charge is 0.123 e. The van der Waals surface area contributed by atoms with E-state index in [-0.39, 0.29) is 5.54 Å². The Morgan fingerprint density at radius 3 is 2.73 bits per heavy atom. The Morgan fingerprint density at radius 2 is 2.13 bits per heavy atom. The molecule has 0 amide bonds. The van der Waals surface area contributed by atoms with E-state index in [1.807, 2.05) is 25.1 Å². The molecule has 0 saturated heterocycles.